The van der Waals surface area contributed by atoms with Gasteiger partial charge in [-0.15, -0.1) is 11.8 Å². The molecule has 2 atom stereocenters. The third-order valence-electron chi connectivity index (χ3n) is 6.97. The second-order valence-corrected chi connectivity index (χ2v) is 12.1. The normalized spacial score (nSPS) is 19.5. The zero-order chi connectivity index (χ0) is 29.1. The van der Waals surface area contributed by atoms with E-state index in [0.29, 0.717) is 15.6 Å². The Hall–Kier alpha value is -4.28. The molecule has 0 spiro atoms. The number of hydrogen-bond acceptors (Lipinski definition) is 8. The van der Waals surface area contributed by atoms with Crippen LogP contribution >= 0.6 is 23.5 Å². The van der Waals surface area contributed by atoms with Crippen LogP contribution in [0.25, 0.3) is 0 Å². The van der Waals surface area contributed by atoms with Crippen molar-refractivity contribution in [3.63, 3.8) is 0 Å². The summed E-state index contributed by atoms with van der Waals surface area (Å²) in [6, 6.07) is 27.3. The lowest BCUT2D eigenvalue weighted by Gasteiger charge is -2.49. The van der Waals surface area contributed by atoms with Crippen molar-refractivity contribution in [2.24, 2.45) is 0 Å². The standard InChI is InChI=1S/C32H26N2O6S2/c35-25(16-20-10-4-1-5-11-20)33-27-30(37)34-28(24(19-41-31(27)34)42-23-17-26(36)39-18-23)32(38)40-29(21-12-6-2-7-13-21)22-14-8-3-9-15-22/h1-15,17,27,29,31H,16,18-19H2,(H,33,35)/t27-,31+/m1/s1. The summed E-state index contributed by atoms with van der Waals surface area (Å²) in [6.07, 6.45) is 0.824. The first kappa shape index (κ1) is 27.9. The summed E-state index contributed by atoms with van der Waals surface area (Å²) in [6.45, 7) is 0.103. The fraction of sp³-hybridized carbons (Fsp3) is 0.188. The summed E-state index contributed by atoms with van der Waals surface area (Å²) in [5.41, 5.74) is 2.53. The van der Waals surface area contributed by atoms with E-state index in [0.717, 1.165) is 16.7 Å². The number of nitrogens with one attached hydrogen (secondary N) is 1. The van der Waals surface area contributed by atoms with Gasteiger partial charge < -0.3 is 14.8 Å². The molecule has 0 bridgehead atoms. The topological polar surface area (TPSA) is 102 Å². The molecule has 1 N–H and O–H groups in total. The molecule has 1 fully saturated rings. The summed E-state index contributed by atoms with van der Waals surface area (Å²) < 4.78 is 11.2. The number of rotatable bonds is 9. The molecule has 0 aliphatic carbocycles. The Morgan fingerprint density at radius 2 is 1.57 bits per heavy atom. The van der Waals surface area contributed by atoms with Crippen molar-refractivity contribution in [1.29, 1.82) is 0 Å². The van der Waals surface area contributed by atoms with Crippen molar-refractivity contribution in [1.82, 2.24) is 10.2 Å². The lowest BCUT2D eigenvalue weighted by molar-refractivity contribution is -0.154. The Labute approximate surface area is 251 Å². The molecule has 0 radical (unpaired) electrons. The van der Waals surface area contributed by atoms with Crippen LogP contribution in [0.15, 0.2) is 113 Å². The molecule has 0 saturated carbocycles. The molecule has 3 aliphatic rings. The molecule has 42 heavy (non-hydrogen) atoms. The van der Waals surface area contributed by atoms with E-state index in [1.807, 2.05) is 91.0 Å². The molecule has 2 amide bonds. The Balaban J connectivity index is 1.27. The lowest BCUT2D eigenvalue weighted by atomic mass is 10.0. The van der Waals surface area contributed by atoms with Crippen molar-refractivity contribution in [3.05, 3.63) is 129 Å². The molecule has 3 heterocycles. The molecule has 10 heteroatoms. The largest absolute Gasteiger partial charge is 0.457 e. The van der Waals surface area contributed by atoms with Gasteiger partial charge in [-0.25, -0.2) is 9.59 Å². The first-order valence-corrected chi connectivity index (χ1v) is 15.2. The second-order valence-electron chi connectivity index (χ2n) is 9.82. The van der Waals surface area contributed by atoms with Gasteiger partial charge in [0.15, 0.2) is 6.10 Å². The van der Waals surface area contributed by atoms with E-state index < -0.39 is 29.5 Å². The van der Waals surface area contributed by atoms with Crippen LogP contribution in [-0.4, -0.2) is 52.4 Å². The number of hydrogen-bond donors (Lipinski definition) is 1. The zero-order valence-electron chi connectivity index (χ0n) is 22.3. The molecule has 6 rings (SSSR count). The van der Waals surface area contributed by atoms with Gasteiger partial charge in [-0.3, -0.25) is 14.5 Å². The van der Waals surface area contributed by atoms with Crippen LogP contribution in [0.3, 0.4) is 0 Å². The van der Waals surface area contributed by atoms with Gasteiger partial charge in [0.2, 0.25) is 5.91 Å². The minimum absolute atomic E-state index is 0.103. The van der Waals surface area contributed by atoms with Gasteiger partial charge in [0.05, 0.1) is 6.42 Å². The molecular formula is C32H26N2O6S2. The fourth-order valence-electron chi connectivity index (χ4n) is 4.99. The fourth-order valence-corrected chi connectivity index (χ4v) is 7.49. The minimum atomic E-state index is -0.768. The Morgan fingerprint density at radius 1 is 0.952 bits per heavy atom. The highest BCUT2D eigenvalue weighted by Gasteiger charge is 2.55. The predicted octanol–water partition coefficient (Wildman–Crippen LogP) is 4.35. The number of cyclic esters (lactones) is 1. The summed E-state index contributed by atoms with van der Waals surface area (Å²) >= 11 is 2.69. The van der Waals surface area contributed by atoms with Gasteiger partial charge >= 0.3 is 11.9 Å². The Kier molecular flexibility index (Phi) is 8.16. The molecule has 212 valence electrons. The van der Waals surface area contributed by atoms with Crippen LogP contribution in [0, 0.1) is 0 Å². The van der Waals surface area contributed by atoms with Crippen LogP contribution in [0.1, 0.15) is 22.8 Å². The van der Waals surface area contributed by atoms with Crippen LogP contribution in [-0.2, 0) is 35.1 Å². The molecule has 8 nitrogen and oxygen atoms in total. The maximum atomic E-state index is 14.0. The Bertz CT molecular complexity index is 1540. The highest BCUT2D eigenvalue weighted by atomic mass is 32.2. The van der Waals surface area contributed by atoms with Crippen molar-refractivity contribution >= 4 is 47.3 Å². The van der Waals surface area contributed by atoms with E-state index in [1.54, 1.807) is 0 Å². The van der Waals surface area contributed by atoms with Crippen LogP contribution in [0.5, 0.6) is 0 Å². The van der Waals surface area contributed by atoms with Crippen LogP contribution in [0.4, 0.5) is 0 Å². The SMILES string of the molecule is O=C(Cc1ccccc1)N[C@@H]1C(=O)N2C(C(=O)OC(c3ccccc3)c3ccccc3)=C(SC3=CC(=O)OC3)CS[C@@H]12. The summed E-state index contributed by atoms with van der Waals surface area (Å²) in [4.78, 5) is 54.6. The summed E-state index contributed by atoms with van der Waals surface area (Å²) in [5.74, 6) is -1.37. The predicted molar refractivity (Wildman–Crippen MR) is 160 cm³/mol. The molecule has 0 unspecified atom stereocenters. The van der Waals surface area contributed by atoms with Crippen LogP contribution < -0.4 is 5.32 Å². The number of amides is 2. The van der Waals surface area contributed by atoms with Gasteiger partial charge in [-0.2, -0.15) is 0 Å². The number of carbonyl (C=O) groups excluding carboxylic acids is 4. The van der Waals surface area contributed by atoms with Crippen LogP contribution in [0.2, 0.25) is 0 Å². The Morgan fingerprint density at radius 3 is 2.17 bits per heavy atom. The first-order valence-electron chi connectivity index (χ1n) is 13.3. The molecule has 1 saturated heterocycles. The summed E-state index contributed by atoms with van der Waals surface area (Å²) in [5, 5.41) is 2.38. The lowest BCUT2D eigenvalue weighted by Crippen LogP contribution is -2.70. The molecule has 0 aromatic heterocycles. The van der Waals surface area contributed by atoms with Gasteiger partial charge in [-0.05, 0) is 16.7 Å². The van der Waals surface area contributed by atoms with Crippen molar-refractivity contribution in [2.45, 2.75) is 23.9 Å². The highest BCUT2D eigenvalue weighted by Crippen LogP contribution is 2.46. The number of thioether (sulfide) groups is 2. The smallest absolute Gasteiger partial charge is 0.356 e. The van der Waals surface area contributed by atoms with Crippen molar-refractivity contribution in [3.8, 4) is 0 Å². The third-order valence-corrected chi connectivity index (χ3v) is 9.51. The van der Waals surface area contributed by atoms with E-state index in [-0.39, 0.29) is 30.5 Å². The third kappa shape index (κ3) is 5.86. The minimum Gasteiger partial charge on any atom is -0.457 e. The maximum Gasteiger partial charge on any atom is 0.356 e. The molecule has 3 aromatic rings. The van der Waals surface area contributed by atoms with Crippen molar-refractivity contribution < 1.29 is 28.7 Å². The van der Waals surface area contributed by atoms with Gasteiger partial charge in [0, 0.05) is 21.6 Å². The number of nitrogens with zero attached hydrogens (tertiary/aromatic N) is 1. The van der Waals surface area contributed by atoms with E-state index >= 15 is 0 Å². The van der Waals surface area contributed by atoms with E-state index in [4.69, 9.17) is 9.47 Å². The highest BCUT2D eigenvalue weighted by molar-refractivity contribution is 8.09. The van der Waals surface area contributed by atoms with E-state index in [9.17, 15) is 19.2 Å². The number of benzene rings is 3. The maximum absolute atomic E-state index is 14.0. The monoisotopic (exact) mass is 598 g/mol. The number of β-lactam (4-membered cyclic amide) rings is 1. The number of fused-ring (bicyclic) bond motifs is 1. The average molecular weight is 599 g/mol. The van der Waals surface area contributed by atoms with Gasteiger partial charge in [-0.1, -0.05) is 103 Å². The molecular weight excluding hydrogens is 572 g/mol. The van der Waals surface area contributed by atoms with Gasteiger partial charge in [0.25, 0.3) is 5.91 Å². The summed E-state index contributed by atoms with van der Waals surface area (Å²) in [7, 11) is 0. The zero-order valence-corrected chi connectivity index (χ0v) is 23.9. The van der Waals surface area contributed by atoms with E-state index in [1.165, 1.54) is 34.5 Å². The quantitative estimate of drug-likeness (QED) is 0.287. The number of ether oxygens (including phenoxy) is 2. The average Bonchev–Trinajstić information content (AvgIpc) is 3.43. The van der Waals surface area contributed by atoms with Crippen molar-refractivity contribution in [2.75, 3.05) is 12.4 Å². The second kappa shape index (κ2) is 12.3. The number of esters is 2. The molecule has 3 aliphatic heterocycles. The number of carbonyl (C=O) groups is 4. The molecule has 3 aromatic carbocycles. The van der Waals surface area contributed by atoms with Gasteiger partial charge in [0.1, 0.15) is 23.7 Å². The van der Waals surface area contributed by atoms with E-state index in [2.05, 4.69) is 5.32 Å². The first-order chi connectivity index (χ1) is 20.5.